The summed E-state index contributed by atoms with van der Waals surface area (Å²) in [5, 5.41) is 11.4. The fourth-order valence-electron chi connectivity index (χ4n) is 3.50. The molecule has 0 bridgehead atoms. The number of nitro benzene ring substituents is 1. The third-order valence-corrected chi connectivity index (χ3v) is 5.18. The summed E-state index contributed by atoms with van der Waals surface area (Å²) in [7, 11) is 0. The number of rotatable bonds is 3. The molecule has 4 rings (SSSR count). The Hall–Kier alpha value is -2.41. The molecule has 1 unspecified atom stereocenters. The van der Waals surface area contributed by atoms with Crippen molar-refractivity contribution in [1.82, 2.24) is 9.97 Å². The summed E-state index contributed by atoms with van der Waals surface area (Å²) in [5.74, 6) is 1.20. The summed E-state index contributed by atoms with van der Waals surface area (Å²) in [5.41, 5.74) is 2.81. The first-order valence-corrected chi connectivity index (χ1v) is 9.04. The molecule has 0 radical (unpaired) electrons. The van der Waals surface area contributed by atoms with Crippen LogP contribution in [-0.2, 0) is 0 Å². The van der Waals surface area contributed by atoms with Gasteiger partial charge in [-0.2, -0.15) is 0 Å². The molecule has 25 heavy (non-hydrogen) atoms. The van der Waals surface area contributed by atoms with Crippen LogP contribution >= 0.6 is 15.9 Å². The summed E-state index contributed by atoms with van der Waals surface area (Å²) in [6.07, 6.45) is 2.01. The number of nitrogens with zero attached hydrogens (tertiary/aromatic N) is 3. The molecular formula is C18H17BrN4O2. The van der Waals surface area contributed by atoms with Crippen LogP contribution in [0.4, 0.5) is 11.4 Å². The van der Waals surface area contributed by atoms with Gasteiger partial charge in [0.25, 0.3) is 5.69 Å². The largest absolute Gasteiger partial charge is 0.365 e. The highest BCUT2D eigenvalue weighted by atomic mass is 79.9. The van der Waals surface area contributed by atoms with Gasteiger partial charge in [0.05, 0.1) is 16.0 Å². The van der Waals surface area contributed by atoms with E-state index in [0.717, 1.165) is 42.8 Å². The van der Waals surface area contributed by atoms with Crippen molar-refractivity contribution in [3.8, 4) is 0 Å². The van der Waals surface area contributed by atoms with Gasteiger partial charge in [0, 0.05) is 29.5 Å². The van der Waals surface area contributed by atoms with Gasteiger partial charge in [-0.1, -0.05) is 28.1 Å². The molecule has 1 fully saturated rings. The van der Waals surface area contributed by atoms with Crippen LogP contribution in [-0.4, -0.2) is 28.0 Å². The van der Waals surface area contributed by atoms with Crippen molar-refractivity contribution in [2.45, 2.75) is 18.8 Å². The maximum atomic E-state index is 11.4. The average Bonchev–Trinajstić information content (AvgIpc) is 3.06. The minimum Gasteiger partial charge on any atom is -0.365 e. The van der Waals surface area contributed by atoms with E-state index in [1.54, 1.807) is 6.07 Å². The number of nitro groups is 1. The summed E-state index contributed by atoms with van der Waals surface area (Å²) in [6.45, 7) is 1.54. The van der Waals surface area contributed by atoms with Gasteiger partial charge >= 0.3 is 0 Å². The summed E-state index contributed by atoms with van der Waals surface area (Å²) < 4.78 is 0.716. The number of H-pyrrole nitrogens is 1. The molecule has 1 saturated heterocycles. The fourth-order valence-corrected chi connectivity index (χ4v) is 3.84. The molecular weight excluding hydrogens is 384 g/mol. The van der Waals surface area contributed by atoms with E-state index in [9.17, 15) is 10.1 Å². The minimum atomic E-state index is -0.315. The quantitative estimate of drug-likeness (QED) is 0.514. The molecule has 1 aromatic heterocycles. The smallest absolute Gasteiger partial charge is 0.293 e. The highest BCUT2D eigenvalue weighted by Gasteiger charge is 2.28. The van der Waals surface area contributed by atoms with Gasteiger partial charge in [0.15, 0.2) is 0 Å². The molecule has 1 N–H and O–H groups in total. The standard InChI is InChI=1S/C18H17BrN4O2/c19-13-7-8-16(17(10-13)23(24)25)22-9-3-4-12(11-22)18-20-14-5-1-2-6-15(14)21-18/h1-2,5-8,10,12H,3-4,9,11H2,(H,20,21). The van der Waals surface area contributed by atoms with Crippen molar-refractivity contribution in [1.29, 1.82) is 0 Å². The Bertz CT molecular complexity index is 907. The minimum absolute atomic E-state index is 0.139. The normalized spacial score (nSPS) is 17.8. The molecule has 0 aliphatic carbocycles. The molecule has 1 atom stereocenters. The van der Waals surface area contributed by atoms with Gasteiger partial charge in [0.2, 0.25) is 0 Å². The van der Waals surface area contributed by atoms with Gasteiger partial charge in [-0.05, 0) is 37.1 Å². The van der Waals surface area contributed by atoms with Crippen molar-refractivity contribution in [2.75, 3.05) is 18.0 Å². The molecule has 0 spiro atoms. The first kappa shape index (κ1) is 16.1. The topological polar surface area (TPSA) is 75.1 Å². The van der Waals surface area contributed by atoms with E-state index in [2.05, 4.69) is 25.8 Å². The van der Waals surface area contributed by atoms with Gasteiger partial charge < -0.3 is 9.88 Å². The van der Waals surface area contributed by atoms with Crippen molar-refractivity contribution >= 4 is 38.3 Å². The number of hydrogen-bond acceptors (Lipinski definition) is 4. The molecule has 128 valence electrons. The molecule has 1 aliphatic heterocycles. The Morgan fingerprint density at radius 1 is 1.28 bits per heavy atom. The van der Waals surface area contributed by atoms with Crippen molar-refractivity contribution in [3.05, 3.63) is 62.9 Å². The van der Waals surface area contributed by atoms with Crippen molar-refractivity contribution in [3.63, 3.8) is 0 Å². The van der Waals surface area contributed by atoms with Crippen LogP contribution < -0.4 is 4.90 Å². The Kier molecular flexibility index (Phi) is 4.17. The lowest BCUT2D eigenvalue weighted by Gasteiger charge is -2.33. The van der Waals surface area contributed by atoms with E-state index in [4.69, 9.17) is 4.98 Å². The van der Waals surface area contributed by atoms with E-state index >= 15 is 0 Å². The van der Waals surface area contributed by atoms with E-state index in [0.29, 0.717) is 10.2 Å². The number of halogens is 1. The zero-order chi connectivity index (χ0) is 17.4. The predicted molar refractivity (Wildman–Crippen MR) is 101 cm³/mol. The van der Waals surface area contributed by atoms with Gasteiger partial charge in [0.1, 0.15) is 11.5 Å². The van der Waals surface area contributed by atoms with Gasteiger partial charge in [-0.25, -0.2) is 4.98 Å². The van der Waals surface area contributed by atoms with E-state index in [-0.39, 0.29) is 16.5 Å². The number of aromatic nitrogens is 2. The number of benzene rings is 2. The number of hydrogen-bond donors (Lipinski definition) is 1. The van der Waals surface area contributed by atoms with E-state index in [1.807, 2.05) is 36.4 Å². The number of aromatic amines is 1. The maximum absolute atomic E-state index is 11.4. The van der Waals surface area contributed by atoms with Gasteiger partial charge in [-0.15, -0.1) is 0 Å². The van der Waals surface area contributed by atoms with Crippen molar-refractivity contribution in [2.24, 2.45) is 0 Å². The number of fused-ring (bicyclic) bond motifs is 1. The average molecular weight is 401 g/mol. The molecule has 6 nitrogen and oxygen atoms in total. The SMILES string of the molecule is O=[N+]([O-])c1cc(Br)ccc1N1CCCC(c2nc3ccccc3[nH]2)C1. The van der Waals surface area contributed by atoms with Crippen LogP contribution in [0.25, 0.3) is 11.0 Å². The molecule has 2 aromatic carbocycles. The van der Waals surface area contributed by atoms with Crippen LogP contribution in [0, 0.1) is 10.1 Å². The number of imidazole rings is 1. The van der Waals surface area contributed by atoms with Gasteiger partial charge in [-0.3, -0.25) is 10.1 Å². The van der Waals surface area contributed by atoms with Crippen LogP contribution in [0.1, 0.15) is 24.6 Å². The second-order valence-electron chi connectivity index (χ2n) is 6.31. The van der Waals surface area contributed by atoms with Crippen molar-refractivity contribution < 1.29 is 4.92 Å². The molecule has 0 amide bonds. The number of nitrogens with one attached hydrogen (secondary N) is 1. The molecule has 0 saturated carbocycles. The first-order chi connectivity index (χ1) is 12.1. The second kappa shape index (κ2) is 6.48. The lowest BCUT2D eigenvalue weighted by Crippen LogP contribution is -2.35. The summed E-state index contributed by atoms with van der Waals surface area (Å²) >= 11 is 3.32. The third-order valence-electron chi connectivity index (χ3n) is 4.69. The molecule has 1 aliphatic rings. The van der Waals surface area contributed by atoms with Crippen LogP contribution in [0.15, 0.2) is 46.9 Å². The van der Waals surface area contributed by atoms with Crippen LogP contribution in [0.3, 0.4) is 0 Å². The summed E-state index contributed by atoms with van der Waals surface area (Å²) in [4.78, 5) is 21.3. The monoisotopic (exact) mass is 400 g/mol. The molecule has 2 heterocycles. The maximum Gasteiger partial charge on any atom is 0.293 e. The van der Waals surface area contributed by atoms with E-state index in [1.165, 1.54) is 0 Å². The number of para-hydroxylation sites is 2. The van der Waals surface area contributed by atoms with Crippen LogP contribution in [0.2, 0.25) is 0 Å². The highest BCUT2D eigenvalue weighted by molar-refractivity contribution is 9.10. The number of piperidine rings is 1. The highest BCUT2D eigenvalue weighted by Crippen LogP contribution is 2.36. The Labute approximate surface area is 153 Å². The summed E-state index contributed by atoms with van der Waals surface area (Å²) in [6, 6.07) is 13.2. The molecule has 7 heteroatoms. The Morgan fingerprint density at radius 3 is 2.92 bits per heavy atom. The molecule has 3 aromatic rings. The Balaban J connectivity index is 1.64. The zero-order valence-corrected chi connectivity index (χ0v) is 15.1. The predicted octanol–water partition coefficient (Wildman–Crippen LogP) is 4.62. The first-order valence-electron chi connectivity index (χ1n) is 8.25. The Morgan fingerprint density at radius 2 is 2.12 bits per heavy atom. The fraction of sp³-hybridized carbons (Fsp3) is 0.278. The van der Waals surface area contributed by atoms with Crippen LogP contribution in [0.5, 0.6) is 0 Å². The lowest BCUT2D eigenvalue weighted by molar-refractivity contribution is -0.384. The second-order valence-corrected chi connectivity index (χ2v) is 7.23. The number of anilines is 1. The lowest BCUT2D eigenvalue weighted by atomic mass is 9.96. The zero-order valence-electron chi connectivity index (χ0n) is 13.5. The third kappa shape index (κ3) is 3.11. The van der Waals surface area contributed by atoms with E-state index < -0.39 is 0 Å².